The molecule has 23 heavy (non-hydrogen) atoms. The van der Waals surface area contributed by atoms with Gasteiger partial charge in [0.2, 0.25) is 5.91 Å². The number of carbonyl (C=O) groups excluding carboxylic acids is 1. The number of carbonyl (C=O) groups is 1. The fourth-order valence-electron chi connectivity index (χ4n) is 3.12. The summed E-state index contributed by atoms with van der Waals surface area (Å²) in [6.07, 6.45) is -2.91. The molecule has 1 aromatic carbocycles. The minimum Gasteiger partial charge on any atom is -0.370 e. The SMILES string of the molecule is C[C@@H]1CN(c2ccnc3cc(C(F)(F)F)ccc23)C[C@H]1C(N)=O. The number of fused-ring (bicyclic) bond motifs is 1. The topological polar surface area (TPSA) is 59.2 Å². The van der Waals surface area contributed by atoms with E-state index in [4.69, 9.17) is 5.73 Å². The Balaban J connectivity index is 2.01. The average Bonchev–Trinajstić information content (AvgIpc) is 2.87. The molecule has 1 fully saturated rings. The number of hydrogen-bond acceptors (Lipinski definition) is 3. The first kappa shape index (κ1) is 15.6. The Morgan fingerprint density at radius 3 is 2.65 bits per heavy atom. The summed E-state index contributed by atoms with van der Waals surface area (Å²) in [5.41, 5.74) is 5.75. The fraction of sp³-hybridized carbons (Fsp3) is 0.375. The largest absolute Gasteiger partial charge is 0.416 e. The highest BCUT2D eigenvalue weighted by Crippen LogP contribution is 2.35. The lowest BCUT2D eigenvalue weighted by Gasteiger charge is -2.20. The summed E-state index contributed by atoms with van der Waals surface area (Å²) in [6, 6.07) is 5.29. The van der Waals surface area contributed by atoms with Crippen LogP contribution in [0.3, 0.4) is 0 Å². The predicted molar refractivity (Wildman–Crippen MR) is 80.8 cm³/mol. The third-order valence-electron chi connectivity index (χ3n) is 4.37. The van der Waals surface area contributed by atoms with E-state index in [1.165, 1.54) is 12.3 Å². The third kappa shape index (κ3) is 2.83. The highest BCUT2D eigenvalue weighted by molar-refractivity contribution is 5.92. The number of hydrogen-bond donors (Lipinski definition) is 1. The number of rotatable bonds is 2. The molecule has 0 unspecified atom stereocenters. The molecule has 122 valence electrons. The van der Waals surface area contributed by atoms with Crippen LogP contribution in [0.15, 0.2) is 30.5 Å². The van der Waals surface area contributed by atoms with Gasteiger partial charge in [0.15, 0.2) is 0 Å². The number of halogens is 3. The van der Waals surface area contributed by atoms with Crippen molar-refractivity contribution in [3.63, 3.8) is 0 Å². The van der Waals surface area contributed by atoms with Crippen molar-refractivity contribution in [2.24, 2.45) is 17.6 Å². The minimum atomic E-state index is -4.40. The van der Waals surface area contributed by atoms with Crippen LogP contribution in [0.2, 0.25) is 0 Å². The number of anilines is 1. The van der Waals surface area contributed by atoms with Gasteiger partial charge in [0, 0.05) is 30.4 Å². The number of amides is 1. The van der Waals surface area contributed by atoms with E-state index in [0.29, 0.717) is 18.5 Å². The molecule has 4 nitrogen and oxygen atoms in total. The second-order valence-corrected chi connectivity index (χ2v) is 5.95. The monoisotopic (exact) mass is 323 g/mol. The normalized spacial score (nSPS) is 21.8. The second kappa shape index (κ2) is 5.40. The highest BCUT2D eigenvalue weighted by atomic mass is 19.4. The molecule has 1 amide bonds. The Morgan fingerprint density at radius 1 is 1.30 bits per heavy atom. The van der Waals surface area contributed by atoms with Crippen molar-refractivity contribution in [3.8, 4) is 0 Å². The Hall–Kier alpha value is -2.31. The lowest BCUT2D eigenvalue weighted by Crippen LogP contribution is -2.29. The predicted octanol–water partition coefficient (Wildman–Crippen LogP) is 2.81. The maximum atomic E-state index is 12.8. The summed E-state index contributed by atoms with van der Waals surface area (Å²) in [6.45, 7) is 3.05. The number of benzene rings is 1. The van der Waals surface area contributed by atoms with Crippen molar-refractivity contribution < 1.29 is 18.0 Å². The van der Waals surface area contributed by atoms with Crippen LogP contribution in [0.1, 0.15) is 12.5 Å². The number of primary amides is 1. The molecule has 1 aliphatic rings. The van der Waals surface area contributed by atoms with Gasteiger partial charge >= 0.3 is 6.18 Å². The van der Waals surface area contributed by atoms with Crippen LogP contribution in [-0.2, 0) is 11.0 Å². The van der Waals surface area contributed by atoms with E-state index in [1.54, 1.807) is 6.07 Å². The zero-order valence-corrected chi connectivity index (χ0v) is 12.5. The molecule has 0 spiro atoms. The zero-order valence-electron chi connectivity index (χ0n) is 12.5. The standard InChI is InChI=1S/C16H16F3N3O/c1-9-7-22(8-12(9)15(20)23)14-4-5-21-13-6-10(16(17,18)19)2-3-11(13)14/h2-6,9,12H,7-8H2,1H3,(H2,20,23)/t9-,12-/m1/s1. The van der Waals surface area contributed by atoms with Crippen molar-refractivity contribution in [2.75, 3.05) is 18.0 Å². The Labute approximate surface area is 131 Å². The van der Waals surface area contributed by atoms with Crippen LogP contribution >= 0.6 is 0 Å². The van der Waals surface area contributed by atoms with Gasteiger partial charge in [-0.15, -0.1) is 0 Å². The van der Waals surface area contributed by atoms with E-state index in [-0.39, 0.29) is 23.3 Å². The van der Waals surface area contributed by atoms with Gasteiger partial charge in [-0.05, 0) is 24.1 Å². The van der Waals surface area contributed by atoms with E-state index in [0.717, 1.165) is 17.8 Å². The van der Waals surface area contributed by atoms with Crippen LogP contribution in [0.4, 0.5) is 18.9 Å². The van der Waals surface area contributed by atoms with E-state index in [2.05, 4.69) is 4.98 Å². The summed E-state index contributed by atoms with van der Waals surface area (Å²) in [5, 5.41) is 0.637. The highest BCUT2D eigenvalue weighted by Gasteiger charge is 2.35. The first-order valence-electron chi connectivity index (χ1n) is 7.27. The molecule has 2 atom stereocenters. The smallest absolute Gasteiger partial charge is 0.370 e. The molecule has 2 heterocycles. The van der Waals surface area contributed by atoms with Crippen molar-refractivity contribution in [1.29, 1.82) is 0 Å². The van der Waals surface area contributed by atoms with Crippen LogP contribution < -0.4 is 10.6 Å². The Morgan fingerprint density at radius 2 is 2.04 bits per heavy atom. The van der Waals surface area contributed by atoms with Gasteiger partial charge in [-0.25, -0.2) is 0 Å². The molecular weight excluding hydrogens is 307 g/mol. The molecule has 0 radical (unpaired) electrons. The summed E-state index contributed by atoms with van der Waals surface area (Å²) in [4.78, 5) is 17.5. The first-order valence-corrected chi connectivity index (χ1v) is 7.27. The van der Waals surface area contributed by atoms with Gasteiger partial charge in [-0.2, -0.15) is 13.2 Å². The Bertz CT molecular complexity index is 760. The average molecular weight is 323 g/mol. The van der Waals surface area contributed by atoms with Gasteiger partial charge in [0.05, 0.1) is 17.0 Å². The third-order valence-corrected chi connectivity index (χ3v) is 4.37. The number of nitrogens with two attached hydrogens (primary N) is 1. The quantitative estimate of drug-likeness (QED) is 0.924. The van der Waals surface area contributed by atoms with Gasteiger partial charge in [0.1, 0.15) is 0 Å². The summed E-state index contributed by atoms with van der Waals surface area (Å²) >= 11 is 0. The maximum Gasteiger partial charge on any atom is 0.416 e. The summed E-state index contributed by atoms with van der Waals surface area (Å²) in [5.74, 6) is -0.504. The number of nitrogens with zero attached hydrogens (tertiary/aromatic N) is 2. The van der Waals surface area contributed by atoms with Crippen LogP contribution in [0.5, 0.6) is 0 Å². The van der Waals surface area contributed by atoms with Crippen molar-refractivity contribution in [3.05, 3.63) is 36.0 Å². The molecule has 3 rings (SSSR count). The van der Waals surface area contributed by atoms with Crippen molar-refractivity contribution in [1.82, 2.24) is 4.98 Å². The van der Waals surface area contributed by atoms with Crippen LogP contribution in [-0.4, -0.2) is 24.0 Å². The molecule has 1 aliphatic heterocycles. The lowest BCUT2D eigenvalue weighted by molar-refractivity contribution is -0.137. The summed E-state index contributed by atoms with van der Waals surface area (Å²) < 4.78 is 38.5. The van der Waals surface area contributed by atoms with Crippen LogP contribution in [0, 0.1) is 11.8 Å². The summed E-state index contributed by atoms with van der Waals surface area (Å²) in [7, 11) is 0. The second-order valence-electron chi connectivity index (χ2n) is 5.95. The van der Waals surface area contributed by atoms with E-state index >= 15 is 0 Å². The number of alkyl halides is 3. The molecule has 0 bridgehead atoms. The lowest BCUT2D eigenvalue weighted by atomic mass is 9.98. The van der Waals surface area contributed by atoms with Gasteiger partial charge in [0.25, 0.3) is 0 Å². The molecule has 2 N–H and O–H groups in total. The van der Waals surface area contributed by atoms with E-state index in [1.807, 2.05) is 11.8 Å². The molecular formula is C16H16F3N3O. The van der Waals surface area contributed by atoms with Gasteiger partial charge in [-0.3, -0.25) is 9.78 Å². The molecule has 1 aromatic heterocycles. The zero-order chi connectivity index (χ0) is 16.8. The fourth-order valence-corrected chi connectivity index (χ4v) is 3.12. The van der Waals surface area contributed by atoms with Gasteiger partial charge < -0.3 is 10.6 Å². The van der Waals surface area contributed by atoms with E-state index < -0.39 is 11.7 Å². The van der Waals surface area contributed by atoms with Gasteiger partial charge in [-0.1, -0.05) is 13.0 Å². The van der Waals surface area contributed by atoms with Crippen molar-refractivity contribution >= 4 is 22.5 Å². The number of aromatic nitrogens is 1. The molecule has 2 aromatic rings. The number of pyridine rings is 1. The van der Waals surface area contributed by atoms with Crippen molar-refractivity contribution in [2.45, 2.75) is 13.1 Å². The maximum absolute atomic E-state index is 12.8. The Kier molecular flexibility index (Phi) is 3.66. The molecule has 0 saturated carbocycles. The van der Waals surface area contributed by atoms with E-state index in [9.17, 15) is 18.0 Å². The molecule has 7 heteroatoms. The first-order chi connectivity index (χ1) is 10.8. The molecule has 0 aliphatic carbocycles. The molecule has 1 saturated heterocycles. The van der Waals surface area contributed by atoms with Crippen LogP contribution in [0.25, 0.3) is 10.9 Å². The minimum absolute atomic E-state index is 0.102.